The van der Waals surface area contributed by atoms with Crippen molar-refractivity contribution < 1.29 is 14.7 Å². The smallest absolute Gasteiger partial charge is 0.341 e. The fourth-order valence-corrected chi connectivity index (χ4v) is 1.04. The van der Waals surface area contributed by atoms with E-state index >= 15 is 0 Å². The molecule has 0 atom stereocenters. The van der Waals surface area contributed by atoms with E-state index in [-0.39, 0.29) is 4.91 Å². The molecule has 0 aromatic heterocycles. The maximum atomic E-state index is 10.4. The highest BCUT2D eigenvalue weighted by Gasteiger charge is 2.00. The average molecular weight is 208 g/mol. The van der Waals surface area contributed by atoms with Crippen LogP contribution in [0.1, 0.15) is 15.9 Å². The summed E-state index contributed by atoms with van der Waals surface area (Å²) >= 11 is 3.78. The summed E-state index contributed by atoms with van der Waals surface area (Å²) in [6.07, 6.45) is 2.15. The van der Waals surface area contributed by atoms with Crippen LogP contribution in [-0.2, 0) is 4.79 Å². The van der Waals surface area contributed by atoms with Crippen LogP contribution in [0.2, 0.25) is 0 Å². The molecule has 0 radical (unpaired) electrons. The van der Waals surface area contributed by atoms with E-state index in [1.54, 1.807) is 24.3 Å². The lowest BCUT2D eigenvalue weighted by Crippen LogP contribution is -1.93. The fourth-order valence-electron chi connectivity index (χ4n) is 0.890. The minimum atomic E-state index is -1.08. The number of carboxylic acid groups (broad SMARTS) is 1. The molecule has 3 nitrogen and oxygen atoms in total. The number of thiol groups is 1. The molecule has 0 bridgehead atoms. The highest BCUT2D eigenvalue weighted by atomic mass is 32.1. The molecule has 0 amide bonds. The molecule has 0 saturated heterocycles. The summed E-state index contributed by atoms with van der Waals surface area (Å²) in [4.78, 5) is 20.7. The van der Waals surface area contributed by atoms with E-state index in [9.17, 15) is 9.59 Å². The van der Waals surface area contributed by atoms with Gasteiger partial charge in [0.2, 0.25) is 0 Å². The average Bonchev–Trinajstić information content (AvgIpc) is 2.19. The van der Waals surface area contributed by atoms with Crippen LogP contribution >= 0.6 is 12.6 Å². The zero-order valence-corrected chi connectivity index (χ0v) is 8.07. The van der Waals surface area contributed by atoms with Gasteiger partial charge in [-0.3, -0.25) is 4.79 Å². The quantitative estimate of drug-likeness (QED) is 0.453. The SMILES string of the molecule is O=Cc1ccc(C=C(S)C(=O)O)cc1. The molecule has 0 unspecified atom stereocenters. The molecule has 0 fully saturated rings. The number of carbonyl (C=O) groups is 2. The van der Waals surface area contributed by atoms with Crippen LogP contribution in [0.5, 0.6) is 0 Å². The van der Waals surface area contributed by atoms with Crippen molar-refractivity contribution in [1.82, 2.24) is 0 Å². The largest absolute Gasteiger partial charge is 0.477 e. The summed E-state index contributed by atoms with van der Waals surface area (Å²) in [5.41, 5.74) is 1.25. The van der Waals surface area contributed by atoms with Crippen molar-refractivity contribution in [3.05, 3.63) is 40.3 Å². The van der Waals surface area contributed by atoms with Gasteiger partial charge >= 0.3 is 5.97 Å². The Hall–Kier alpha value is -1.55. The molecular weight excluding hydrogens is 200 g/mol. The van der Waals surface area contributed by atoms with Gasteiger partial charge in [-0.15, -0.1) is 12.6 Å². The molecule has 14 heavy (non-hydrogen) atoms. The van der Waals surface area contributed by atoms with Crippen LogP contribution in [0.25, 0.3) is 6.08 Å². The Morgan fingerprint density at radius 2 is 1.71 bits per heavy atom. The van der Waals surface area contributed by atoms with Crippen molar-refractivity contribution in [2.75, 3.05) is 0 Å². The number of carboxylic acids is 1. The third kappa shape index (κ3) is 2.74. The van der Waals surface area contributed by atoms with Gasteiger partial charge in [0, 0.05) is 5.56 Å². The van der Waals surface area contributed by atoms with Gasteiger partial charge in [-0.2, -0.15) is 0 Å². The van der Waals surface area contributed by atoms with Crippen LogP contribution in [0, 0.1) is 0 Å². The number of hydrogen-bond donors (Lipinski definition) is 2. The number of rotatable bonds is 3. The van der Waals surface area contributed by atoms with Crippen LogP contribution < -0.4 is 0 Å². The molecule has 0 aliphatic heterocycles. The summed E-state index contributed by atoms with van der Waals surface area (Å²) in [6, 6.07) is 6.54. The van der Waals surface area contributed by atoms with E-state index in [0.29, 0.717) is 11.1 Å². The molecule has 72 valence electrons. The number of aliphatic carboxylic acids is 1. The van der Waals surface area contributed by atoms with Crippen molar-refractivity contribution in [3.8, 4) is 0 Å². The summed E-state index contributed by atoms with van der Waals surface area (Å²) in [7, 11) is 0. The monoisotopic (exact) mass is 208 g/mol. The first kappa shape index (κ1) is 10.5. The van der Waals surface area contributed by atoms with Gasteiger partial charge in [0.05, 0.1) is 4.91 Å². The molecule has 1 rings (SSSR count). The van der Waals surface area contributed by atoms with E-state index in [2.05, 4.69) is 12.6 Å². The Balaban J connectivity index is 2.93. The molecule has 4 heteroatoms. The zero-order valence-electron chi connectivity index (χ0n) is 7.18. The summed E-state index contributed by atoms with van der Waals surface area (Å²) in [5.74, 6) is -1.08. The van der Waals surface area contributed by atoms with E-state index in [1.807, 2.05) is 0 Å². The van der Waals surface area contributed by atoms with Gasteiger partial charge in [-0.25, -0.2) is 4.79 Å². The second-order valence-electron chi connectivity index (χ2n) is 2.62. The first-order valence-electron chi connectivity index (χ1n) is 3.82. The lowest BCUT2D eigenvalue weighted by atomic mass is 10.1. The Kier molecular flexibility index (Phi) is 3.48. The predicted molar refractivity (Wildman–Crippen MR) is 56.4 cm³/mol. The third-order valence-electron chi connectivity index (χ3n) is 1.60. The van der Waals surface area contributed by atoms with Crippen molar-refractivity contribution in [1.29, 1.82) is 0 Å². The van der Waals surface area contributed by atoms with Crippen LogP contribution in [0.4, 0.5) is 0 Å². The summed E-state index contributed by atoms with van der Waals surface area (Å²) in [5, 5.41) is 8.54. The second kappa shape index (κ2) is 4.62. The summed E-state index contributed by atoms with van der Waals surface area (Å²) < 4.78 is 0. The molecule has 1 aromatic rings. The maximum absolute atomic E-state index is 10.4. The van der Waals surface area contributed by atoms with E-state index in [1.165, 1.54) is 6.08 Å². The number of benzene rings is 1. The topological polar surface area (TPSA) is 54.4 Å². The molecule has 0 spiro atoms. The molecule has 0 aliphatic carbocycles. The van der Waals surface area contributed by atoms with Crippen molar-refractivity contribution in [3.63, 3.8) is 0 Å². The van der Waals surface area contributed by atoms with Crippen molar-refractivity contribution >= 4 is 31.0 Å². The minimum Gasteiger partial charge on any atom is -0.477 e. The van der Waals surface area contributed by atoms with Crippen molar-refractivity contribution in [2.45, 2.75) is 0 Å². The Bertz CT molecular complexity index is 379. The highest BCUT2D eigenvalue weighted by Crippen LogP contribution is 2.10. The first-order valence-corrected chi connectivity index (χ1v) is 4.27. The van der Waals surface area contributed by atoms with E-state index < -0.39 is 5.97 Å². The van der Waals surface area contributed by atoms with Crippen LogP contribution in [0.15, 0.2) is 29.2 Å². The molecule has 1 aromatic carbocycles. The normalized spacial score (nSPS) is 11.1. The number of carbonyl (C=O) groups excluding carboxylic acids is 1. The Labute approximate surface area is 86.5 Å². The third-order valence-corrected chi connectivity index (χ3v) is 1.92. The standard InChI is InChI=1S/C10H8O3S/c11-6-8-3-1-7(2-4-8)5-9(14)10(12)13/h1-6,14H,(H,12,13). The second-order valence-corrected chi connectivity index (χ2v) is 3.10. The number of aldehydes is 1. The highest BCUT2D eigenvalue weighted by molar-refractivity contribution is 7.85. The van der Waals surface area contributed by atoms with Gasteiger partial charge in [0.1, 0.15) is 6.29 Å². The molecule has 0 aliphatic rings. The lowest BCUT2D eigenvalue weighted by molar-refractivity contribution is -0.131. The Morgan fingerprint density at radius 3 is 2.14 bits per heavy atom. The fraction of sp³-hybridized carbons (Fsp3) is 0. The molecule has 1 N–H and O–H groups in total. The Morgan fingerprint density at radius 1 is 1.21 bits per heavy atom. The van der Waals surface area contributed by atoms with Crippen molar-refractivity contribution in [2.24, 2.45) is 0 Å². The molecular formula is C10H8O3S. The van der Waals surface area contributed by atoms with Gasteiger partial charge in [0.15, 0.2) is 0 Å². The maximum Gasteiger partial charge on any atom is 0.341 e. The van der Waals surface area contributed by atoms with Crippen LogP contribution in [-0.4, -0.2) is 17.4 Å². The summed E-state index contributed by atoms with van der Waals surface area (Å²) in [6.45, 7) is 0. The zero-order chi connectivity index (χ0) is 10.6. The lowest BCUT2D eigenvalue weighted by Gasteiger charge is -1.95. The van der Waals surface area contributed by atoms with Gasteiger partial charge < -0.3 is 5.11 Å². The van der Waals surface area contributed by atoms with Crippen LogP contribution in [0.3, 0.4) is 0 Å². The van der Waals surface area contributed by atoms with Gasteiger partial charge in [-0.05, 0) is 11.6 Å². The predicted octanol–water partition coefficient (Wildman–Crippen LogP) is 1.85. The van der Waals surface area contributed by atoms with E-state index in [0.717, 1.165) is 6.29 Å². The first-order chi connectivity index (χ1) is 6.63. The van der Waals surface area contributed by atoms with Gasteiger partial charge in [-0.1, -0.05) is 24.3 Å². The van der Waals surface area contributed by atoms with E-state index in [4.69, 9.17) is 5.11 Å². The van der Waals surface area contributed by atoms with Gasteiger partial charge in [0.25, 0.3) is 0 Å². The molecule has 0 saturated carbocycles. The molecule has 0 heterocycles. The number of hydrogen-bond acceptors (Lipinski definition) is 3. The minimum absolute atomic E-state index is 0.0381.